The largest absolute Gasteiger partial charge is 0.456 e. The van der Waals surface area contributed by atoms with Gasteiger partial charge < -0.3 is 13.9 Å². The van der Waals surface area contributed by atoms with Crippen molar-refractivity contribution in [2.24, 2.45) is 0 Å². The van der Waals surface area contributed by atoms with Crippen molar-refractivity contribution in [3.8, 4) is 27.9 Å². The van der Waals surface area contributed by atoms with Gasteiger partial charge in [-0.1, -0.05) is 146 Å². The van der Waals surface area contributed by atoms with Crippen LogP contribution in [0.2, 0.25) is 0 Å². The van der Waals surface area contributed by atoms with Crippen molar-refractivity contribution in [3.05, 3.63) is 218 Å². The third kappa shape index (κ3) is 5.36. The Hall–Kier alpha value is -7.88. The van der Waals surface area contributed by atoms with Crippen LogP contribution in [0.1, 0.15) is 0 Å². The minimum Gasteiger partial charge on any atom is -0.456 e. The summed E-state index contributed by atoms with van der Waals surface area (Å²) in [6.07, 6.45) is 0. The fourth-order valence-electron chi connectivity index (χ4n) is 9.27. The molecule has 0 amide bonds. The number of rotatable bonds is 6. The lowest BCUT2D eigenvalue weighted by molar-refractivity contribution is 0.669. The van der Waals surface area contributed by atoms with Crippen LogP contribution < -0.4 is 4.90 Å². The molecule has 3 nitrogen and oxygen atoms in total. The van der Waals surface area contributed by atoms with Crippen LogP contribution in [0.3, 0.4) is 0 Å². The first-order chi connectivity index (χ1) is 29.3. The van der Waals surface area contributed by atoms with Gasteiger partial charge >= 0.3 is 0 Å². The number of anilines is 3. The van der Waals surface area contributed by atoms with E-state index in [0.29, 0.717) is 0 Å². The Bertz CT molecular complexity index is 3550. The van der Waals surface area contributed by atoms with Gasteiger partial charge in [0.1, 0.15) is 11.2 Å². The normalized spacial score (nSPS) is 11.7. The lowest BCUT2D eigenvalue weighted by Crippen LogP contribution is -2.10. The van der Waals surface area contributed by atoms with Gasteiger partial charge in [0, 0.05) is 44.0 Å². The Labute approximate surface area is 341 Å². The van der Waals surface area contributed by atoms with Crippen molar-refractivity contribution in [3.63, 3.8) is 0 Å². The van der Waals surface area contributed by atoms with E-state index in [-0.39, 0.29) is 0 Å². The first-order valence-electron chi connectivity index (χ1n) is 20.2. The molecular weight excluding hydrogens is 717 g/mol. The minimum absolute atomic E-state index is 0.880. The molecule has 0 bridgehead atoms. The molecular formula is C56H36N2O. The van der Waals surface area contributed by atoms with Crippen molar-refractivity contribution in [2.75, 3.05) is 4.90 Å². The summed E-state index contributed by atoms with van der Waals surface area (Å²) < 4.78 is 8.67. The summed E-state index contributed by atoms with van der Waals surface area (Å²) in [5, 5.41) is 9.55. The topological polar surface area (TPSA) is 21.3 Å². The lowest BCUT2D eigenvalue weighted by atomic mass is 9.95. The third-order valence-electron chi connectivity index (χ3n) is 12.0. The molecule has 0 fully saturated rings. The van der Waals surface area contributed by atoms with E-state index in [4.69, 9.17) is 4.42 Å². The molecule has 0 spiro atoms. The number of fused-ring (bicyclic) bond motifs is 8. The molecule has 0 aliphatic rings. The van der Waals surface area contributed by atoms with Gasteiger partial charge in [-0.3, -0.25) is 0 Å². The molecule has 0 aliphatic carbocycles. The number of aromatic nitrogens is 1. The maximum Gasteiger partial charge on any atom is 0.135 e. The van der Waals surface area contributed by atoms with Crippen LogP contribution in [0.25, 0.3) is 93.2 Å². The van der Waals surface area contributed by atoms with Crippen LogP contribution >= 0.6 is 0 Å². The molecule has 59 heavy (non-hydrogen) atoms. The average molecular weight is 753 g/mol. The zero-order valence-electron chi connectivity index (χ0n) is 32.1. The van der Waals surface area contributed by atoms with Crippen LogP contribution in [0, 0.1) is 0 Å². The molecule has 0 radical (unpaired) electrons. The Morgan fingerprint density at radius 3 is 1.83 bits per heavy atom. The molecule has 0 aliphatic heterocycles. The lowest BCUT2D eigenvalue weighted by Gasteiger charge is -2.28. The van der Waals surface area contributed by atoms with E-state index in [2.05, 4.69) is 216 Å². The number of hydrogen-bond donors (Lipinski definition) is 0. The van der Waals surface area contributed by atoms with Gasteiger partial charge in [0.05, 0.1) is 16.7 Å². The molecule has 0 atom stereocenters. The number of para-hydroxylation sites is 3. The monoisotopic (exact) mass is 752 g/mol. The van der Waals surface area contributed by atoms with Gasteiger partial charge in [-0.05, 0) is 111 Å². The molecule has 0 saturated carbocycles. The average Bonchev–Trinajstić information content (AvgIpc) is 3.85. The number of nitrogens with zero attached hydrogens (tertiary/aromatic N) is 2. The fourth-order valence-corrected chi connectivity index (χ4v) is 9.27. The first kappa shape index (κ1) is 33.3. The second-order valence-electron chi connectivity index (χ2n) is 15.3. The maximum absolute atomic E-state index is 6.30. The second-order valence-corrected chi connectivity index (χ2v) is 15.3. The van der Waals surface area contributed by atoms with Crippen LogP contribution in [0.15, 0.2) is 223 Å². The predicted molar refractivity (Wildman–Crippen MR) is 249 cm³/mol. The number of hydrogen-bond acceptors (Lipinski definition) is 2. The molecule has 12 rings (SSSR count). The highest BCUT2D eigenvalue weighted by Crippen LogP contribution is 2.45. The highest BCUT2D eigenvalue weighted by molar-refractivity contribution is 6.13. The van der Waals surface area contributed by atoms with Crippen LogP contribution in [-0.4, -0.2) is 4.57 Å². The van der Waals surface area contributed by atoms with Gasteiger partial charge in [0.2, 0.25) is 0 Å². The summed E-state index contributed by atoms with van der Waals surface area (Å²) in [6, 6.07) is 78.8. The molecule has 3 heteroatoms. The van der Waals surface area contributed by atoms with Crippen LogP contribution in [0.4, 0.5) is 17.1 Å². The van der Waals surface area contributed by atoms with Gasteiger partial charge in [0.15, 0.2) is 0 Å². The quantitative estimate of drug-likeness (QED) is 0.169. The Balaban J connectivity index is 1.04. The zero-order valence-corrected chi connectivity index (χ0v) is 32.1. The molecule has 2 heterocycles. The molecule has 10 aromatic carbocycles. The van der Waals surface area contributed by atoms with Gasteiger partial charge in [0.25, 0.3) is 0 Å². The maximum atomic E-state index is 6.30. The highest BCUT2D eigenvalue weighted by Gasteiger charge is 2.20. The van der Waals surface area contributed by atoms with Gasteiger partial charge in [-0.15, -0.1) is 0 Å². The van der Waals surface area contributed by atoms with Crippen molar-refractivity contribution >= 4 is 82.4 Å². The summed E-state index contributed by atoms with van der Waals surface area (Å²) in [5.41, 5.74) is 13.4. The zero-order chi connectivity index (χ0) is 38.9. The van der Waals surface area contributed by atoms with E-state index in [9.17, 15) is 0 Å². The standard InChI is InChI=1S/C56H36N2O/c1-2-15-40(16-3-1)58-52-23-10-8-20-48(52)50-35-39(27-32-54(50)58)45-31-33-53(47-19-7-6-18-46(45)47)57(42-30-34-56-51(36-42)49-21-9-11-24-55(49)59-56)41-28-25-38(26-29-41)44-22-12-14-37-13-4-5-17-43(37)44/h1-36H. The van der Waals surface area contributed by atoms with Crippen molar-refractivity contribution in [2.45, 2.75) is 0 Å². The summed E-state index contributed by atoms with van der Waals surface area (Å²) in [6.45, 7) is 0. The van der Waals surface area contributed by atoms with Gasteiger partial charge in [-0.25, -0.2) is 0 Å². The Kier molecular flexibility index (Phi) is 7.54. The second kappa shape index (κ2) is 13.4. The molecule has 2 aromatic heterocycles. The molecule has 0 N–H and O–H groups in total. The molecule has 0 unspecified atom stereocenters. The van der Waals surface area contributed by atoms with Crippen molar-refractivity contribution in [1.82, 2.24) is 4.57 Å². The minimum atomic E-state index is 0.880. The van der Waals surface area contributed by atoms with Crippen LogP contribution in [-0.2, 0) is 0 Å². The van der Waals surface area contributed by atoms with E-state index in [1.54, 1.807) is 0 Å². The van der Waals surface area contributed by atoms with Crippen molar-refractivity contribution < 1.29 is 4.42 Å². The summed E-state index contributed by atoms with van der Waals surface area (Å²) in [7, 11) is 0. The van der Waals surface area contributed by atoms with E-state index < -0.39 is 0 Å². The van der Waals surface area contributed by atoms with E-state index in [0.717, 1.165) is 44.7 Å². The summed E-state index contributed by atoms with van der Waals surface area (Å²) in [4.78, 5) is 2.40. The Morgan fingerprint density at radius 2 is 0.966 bits per heavy atom. The first-order valence-corrected chi connectivity index (χ1v) is 20.2. The predicted octanol–water partition coefficient (Wildman–Crippen LogP) is 15.8. The number of benzene rings is 10. The summed E-state index contributed by atoms with van der Waals surface area (Å²) >= 11 is 0. The van der Waals surface area contributed by atoms with Crippen molar-refractivity contribution in [1.29, 1.82) is 0 Å². The molecule has 0 saturated heterocycles. The number of furan rings is 1. The van der Waals surface area contributed by atoms with E-state index in [1.165, 1.54) is 65.6 Å². The van der Waals surface area contributed by atoms with E-state index >= 15 is 0 Å². The van der Waals surface area contributed by atoms with E-state index in [1.807, 2.05) is 12.1 Å². The molecule has 12 aromatic rings. The smallest absolute Gasteiger partial charge is 0.135 e. The van der Waals surface area contributed by atoms with Gasteiger partial charge in [-0.2, -0.15) is 0 Å². The fraction of sp³-hybridized carbons (Fsp3) is 0. The summed E-state index contributed by atoms with van der Waals surface area (Å²) in [5.74, 6) is 0. The highest BCUT2D eigenvalue weighted by atomic mass is 16.3. The molecule has 276 valence electrons. The van der Waals surface area contributed by atoms with Crippen LogP contribution in [0.5, 0.6) is 0 Å². The third-order valence-corrected chi connectivity index (χ3v) is 12.0. The SMILES string of the molecule is c1ccc(-n2c3ccccc3c3cc(-c4ccc(N(c5ccc(-c6cccc7ccccc67)cc5)c5ccc6oc7ccccc7c6c5)c5ccccc45)ccc32)cc1. The Morgan fingerprint density at radius 1 is 0.339 bits per heavy atom.